The van der Waals surface area contributed by atoms with Gasteiger partial charge in [0.25, 0.3) is 0 Å². The second-order valence-electron chi connectivity index (χ2n) is 6.14. The second-order valence-corrected chi connectivity index (χ2v) is 6.98. The zero-order valence-electron chi connectivity index (χ0n) is 16.0. The third-order valence-corrected chi connectivity index (χ3v) is 4.22. The fourth-order valence-electron chi connectivity index (χ4n) is 2.23. The van der Waals surface area contributed by atoms with Crippen LogP contribution in [0.15, 0.2) is 60.7 Å². The van der Waals surface area contributed by atoms with E-state index in [2.05, 4.69) is 21.5 Å². The van der Waals surface area contributed by atoms with E-state index in [0.29, 0.717) is 11.6 Å². The molecule has 0 radical (unpaired) electrons. The molecule has 3 amide bonds. The number of halogens is 1. The van der Waals surface area contributed by atoms with Crippen LogP contribution < -0.4 is 21.5 Å². The van der Waals surface area contributed by atoms with Crippen molar-refractivity contribution in [1.29, 1.82) is 0 Å². The highest BCUT2D eigenvalue weighted by molar-refractivity contribution is 7.80. The average molecular weight is 445 g/mol. The Kier molecular flexibility index (Phi) is 9.50. The Hall–Kier alpha value is -3.23. The van der Waals surface area contributed by atoms with E-state index in [1.807, 2.05) is 30.3 Å². The number of benzene rings is 2. The molecule has 30 heavy (non-hydrogen) atoms. The van der Waals surface area contributed by atoms with Gasteiger partial charge in [-0.2, -0.15) is 0 Å². The van der Waals surface area contributed by atoms with Crippen molar-refractivity contribution in [3.05, 3.63) is 76.8 Å². The van der Waals surface area contributed by atoms with Crippen molar-refractivity contribution in [2.45, 2.75) is 19.4 Å². The molecule has 0 aliphatic carbocycles. The monoisotopic (exact) mass is 444 g/mol. The summed E-state index contributed by atoms with van der Waals surface area (Å²) >= 11 is 10.7. The van der Waals surface area contributed by atoms with Crippen molar-refractivity contribution in [1.82, 2.24) is 21.5 Å². The maximum Gasteiger partial charge on any atom is 0.250 e. The van der Waals surface area contributed by atoms with Crippen LogP contribution >= 0.6 is 23.8 Å². The highest BCUT2D eigenvalue weighted by Crippen LogP contribution is 2.10. The Balaban J connectivity index is 1.61. The lowest BCUT2D eigenvalue weighted by molar-refractivity contribution is -0.126. The fraction of sp³-hybridized carbons (Fsp3) is 0.143. The van der Waals surface area contributed by atoms with E-state index in [9.17, 15) is 14.4 Å². The molecule has 0 atom stereocenters. The molecule has 2 aromatic rings. The lowest BCUT2D eigenvalue weighted by atomic mass is 10.2. The van der Waals surface area contributed by atoms with Gasteiger partial charge in [0.1, 0.15) is 0 Å². The van der Waals surface area contributed by atoms with Crippen LogP contribution in [0.2, 0.25) is 5.02 Å². The fourth-order valence-corrected chi connectivity index (χ4v) is 2.51. The topological polar surface area (TPSA) is 99.3 Å². The number of hydrazine groups is 1. The summed E-state index contributed by atoms with van der Waals surface area (Å²) in [6, 6.07) is 16.4. The lowest BCUT2D eigenvalue weighted by Crippen LogP contribution is -2.48. The summed E-state index contributed by atoms with van der Waals surface area (Å²) in [6.45, 7) is 0.402. The van der Waals surface area contributed by atoms with Gasteiger partial charge in [0.05, 0.1) is 0 Å². The van der Waals surface area contributed by atoms with E-state index in [4.69, 9.17) is 23.8 Å². The quantitative estimate of drug-likeness (QED) is 0.299. The van der Waals surface area contributed by atoms with Crippen LogP contribution in [0.1, 0.15) is 24.0 Å². The minimum absolute atomic E-state index is 0.0271. The average Bonchev–Trinajstić information content (AvgIpc) is 2.75. The number of hydrogen-bond donors (Lipinski definition) is 4. The molecule has 0 unspecified atom stereocenters. The van der Waals surface area contributed by atoms with Crippen LogP contribution in [0.4, 0.5) is 0 Å². The van der Waals surface area contributed by atoms with Crippen LogP contribution in [-0.2, 0) is 20.9 Å². The first-order valence-corrected chi connectivity index (χ1v) is 9.85. The molecule has 0 heterocycles. The maximum absolute atomic E-state index is 11.8. The molecule has 9 heteroatoms. The van der Waals surface area contributed by atoms with Crippen molar-refractivity contribution in [2.75, 3.05) is 0 Å². The van der Waals surface area contributed by atoms with Gasteiger partial charge in [-0.15, -0.1) is 0 Å². The predicted octanol–water partition coefficient (Wildman–Crippen LogP) is 2.47. The highest BCUT2D eigenvalue weighted by atomic mass is 35.5. The van der Waals surface area contributed by atoms with Crippen molar-refractivity contribution in [3.63, 3.8) is 0 Å². The number of carbonyl (C=O) groups excluding carboxylic acids is 3. The summed E-state index contributed by atoms with van der Waals surface area (Å²) in [5.41, 5.74) is 6.52. The molecule has 0 saturated heterocycles. The van der Waals surface area contributed by atoms with E-state index in [1.54, 1.807) is 30.3 Å². The summed E-state index contributed by atoms with van der Waals surface area (Å²) < 4.78 is 0. The molecule has 4 N–H and O–H groups in total. The number of nitrogens with one attached hydrogen (secondary N) is 4. The van der Waals surface area contributed by atoms with E-state index >= 15 is 0 Å². The molecule has 2 rings (SSSR count). The van der Waals surface area contributed by atoms with Crippen molar-refractivity contribution < 1.29 is 14.4 Å². The van der Waals surface area contributed by atoms with Gasteiger partial charge in [-0.3, -0.25) is 30.6 Å². The first kappa shape index (κ1) is 23.1. The molecule has 0 fully saturated rings. The molecule has 0 aromatic heterocycles. The van der Waals surface area contributed by atoms with Crippen LogP contribution in [0.5, 0.6) is 0 Å². The lowest BCUT2D eigenvalue weighted by Gasteiger charge is -2.10. The van der Waals surface area contributed by atoms with Crippen LogP contribution in [0, 0.1) is 0 Å². The van der Waals surface area contributed by atoms with Gasteiger partial charge in [-0.1, -0.05) is 54.1 Å². The van der Waals surface area contributed by atoms with Gasteiger partial charge >= 0.3 is 0 Å². The summed E-state index contributed by atoms with van der Waals surface area (Å²) in [7, 11) is 0. The molecule has 0 spiro atoms. The maximum atomic E-state index is 11.8. The summed E-state index contributed by atoms with van der Waals surface area (Å²) in [5.74, 6) is -1.13. The van der Waals surface area contributed by atoms with Gasteiger partial charge in [0.2, 0.25) is 17.7 Å². The van der Waals surface area contributed by atoms with Gasteiger partial charge in [0.15, 0.2) is 5.11 Å². The summed E-state index contributed by atoms with van der Waals surface area (Å²) in [6.07, 6.45) is 2.90. The number of rotatable bonds is 7. The zero-order chi connectivity index (χ0) is 21.8. The summed E-state index contributed by atoms with van der Waals surface area (Å²) in [5, 5.41) is 5.67. The second kappa shape index (κ2) is 12.4. The normalized spacial score (nSPS) is 10.3. The Morgan fingerprint density at radius 3 is 2.27 bits per heavy atom. The van der Waals surface area contributed by atoms with E-state index < -0.39 is 11.8 Å². The van der Waals surface area contributed by atoms with Crippen molar-refractivity contribution in [3.8, 4) is 0 Å². The standard InChI is InChI=1S/C21H21ClN4O3S/c22-17-9-6-15(7-10-17)8-11-19(28)24-21(30)26-25-20(29)13-12-18(27)23-14-16-4-2-1-3-5-16/h1-11H,12-14H2,(H,23,27)(H,25,29)(H2,24,26,28,30)/b11-8+. The first-order chi connectivity index (χ1) is 14.4. The highest BCUT2D eigenvalue weighted by Gasteiger charge is 2.08. The predicted molar refractivity (Wildman–Crippen MR) is 120 cm³/mol. The molecule has 7 nitrogen and oxygen atoms in total. The molecular formula is C21H21ClN4O3S. The number of carbonyl (C=O) groups is 3. The smallest absolute Gasteiger partial charge is 0.250 e. The number of amides is 3. The molecule has 0 aliphatic heterocycles. The third kappa shape index (κ3) is 9.31. The molecule has 156 valence electrons. The van der Waals surface area contributed by atoms with Gasteiger partial charge < -0.3 is 5.32 Å². The van der Waals surface area contributed by atoms with Crippen LogP contribution in [0.25, 0.3) is 6.08 Å². The van der Waals surface area contributed by atoms with E-state index in [-0.39, 0.29) is 23.9 Å². The molecule has 0 aliphatic rings. The Morgan fingerprint density at radius 1 is 0.900 bits per heavy atom. The Labute approximate surface area is 184 Å². The number of hydrogen-bond acceptors (Lipinski definition) is 4. The summed E-state index contributed by atoms with van der Waals surface area (Å²) in [4.78, 5) is 35.4. The first-order valence-electron chi connectivity index (χ1n) is 9.06. The molecule has 0 saturated carbocycles. The molecule has 0 bridgehead atoms. The molecule has 2 aromatic carbocycles. The Morgan fingerprint density at radius 2 is 1.57 bits per heavy atom. The minimum atomic E-state index is -0.461. The largest absolute Gasteiger partial charge is 0.352 e. The van der Waals surface area contributed by atoms with Crippen molar-refractivity contribution >= 4 is 52.7 Å². The van der Waals surface area contributed by atoms with Gasteiger partial charge in [0, 0.05) is 30.5 Å². The number of thiocarbonyl (C=S) groups is 1. The Bertz CT molecular complexity index is 918. The van der Waals surface area contributed by atoms with Crippen LogP contribution in [-0.4, -0.2) is 22.8 Å². The van der Waals surface area contributed by atoms with E-state index in [1.165, 1.54) is 6.08 Å². The van der Waals surface area contributed by atoms with E-state index in [0.717, 1.165) is 11.1 Å². The third-order valence-electron chi connectivity index (χ3n) is 3.76. The SMILES string of the molecule is O=C(/C=C/c1ccc(Cl)cc1)NC(=S)NNC(=O)CCC(=O)NCc1ccccc1. The molecular weight excluding hydrogens is 424 g/mol. The van der Waals surface area contributed by atoms with Crippen molar-refractivity contribution in [2.24, 2.45) is 0 Å². The zero-order valence-corrected chi connectivity index (χ0v) is 17.6. The van der Waals surface area contributed by atoms with Gasteiger partial charge in [-0.05, 0) is 41.6 Å². The minimum Gasteiger partial charge on any atom is -0.352 e. The van der Waals surface area contributed by atoms with Gasteiger partial charge in [-0.25, -0.2) is 0 Å². The van der Waals surface area contributed by atoms with Crippen LogP contribution in [0.3, 0.4) is 0 Å².